The van der Waals surface area contributed by atoms with Crippen LogP contribution in [-0.2, 0) is 12.8 Å². The van der Waals surface area contributed by atoms with Crippen molar-refractivity contribution in [3.05, 3.63) is 41.1 Å². The van der Waals surface area contributed by atoms with Gasteiger partial charge in [0.25, 0.3) is 5.91 Å². The molecule has 1 atom stereocenters. The summed E-state index contributed by atoms with van der Waals surface area (Å²) in [6, 6.07) is 7.41. The number of H-pyrrole nitrogens is 2. The molecule has 27 heavy (non-hydrogen) atoms. The molecule has 1 unspecified atom stereocenters. The number of aromatic nitrogens is 3. The lowest BCUT2D eigenvalue weighted by Crippen LogP contribution is -2.34. The molecular weight excluding hydrogens is 340 g/mol. The van der Waals surface area contributed by atoms with Crippen LogP contribution in [0.4, 0.5) is 0 Å². The number of benzene rings is 1. The van der Waals surface area contributed by atoms with E-state index in [0.717, 1.165) is 41.6 Å². The highest BCUT2D eigenvalue weighted by atomic mass is 16.3. The van der Waals surface area contributed by atoms with E-state index >= 15 is 0 Å². The SMILES string of the molecule is CC(CO)NC(=O)c1ccc2cc(-c3n[nH]c4c3CCC(C)(C)C4)[nH]c2c1. The number of fused-ring (bicyclic) bond motifs is 2. The zero-order valence-electron chi connectivity index (χ0n) is 16.0. The third-order valence-corrected chi connectivity index (χ3v) is 5.45. The predicted molar refractivity (Wildman–Crippen MR) is 106 cm³/mol. The first-order valence-electron chi connectivity index (χ1n) is 9.47. The van der Waals surface area contributed by atoms with E-state index in [-0.39, 0.29) is 18.6 Å². The van der Waals surface area contributed by atoms with Gasteiger partial charge in [0.2, 0.25) is 0 Å². The molecule has 0 aliphatic heterocycles. The van der Waals surface area contributed by atoms with Crippen molar-refractivity contribution in [1.29, 1.82) is 0 Å². The summed E-state index contributed by atoms with van der Waals surface area (Å²) < 4.78 is 0. The molecule has 1 aliphatic rings. The van der Waals surface area contributed by atoms with Crippen LogP contribution in [0.5, 0.6) is 0 Å². The molecule has 2 aromatic heterocycles. The number of aromatic amines is 2. The number of nitrogens with one attached hydrogen (secondary N) is 3. The van der Waals surface area contributed by atoms with Gasteiger partial charge in [0.05, 0.1) is 12.3 Å². The Balaban J connectivity index is 1.65. The second-order valence-corrected chi connectivity index (χ2v) is 8.41. The van der Waals surface area contributed by atoms with Crippen LogP contribution in [0.1, 0.15) is 48.8 Å². The van der Waals surface area contributed by atoms with Crippen LogP contribution in [-0.4, -0.2) is 38.8 Å². The fraction of sp³-hybridized carbons (Fsp3) is 0.429. The molecule has 1 aromatic carbocycles. The molecule has 2 heterocycles. The van der Waals surface area contributed by atoms with Crippen molar-refractivity contribution < 1.29 is 9.90 Å². The number of carbonyl (C=O) groups is 1. The average molecular weight is 366 g/mol. The van der Waals surface area contributed by atoms with Crippen molar-refractivity contribution in [3.8, 4) is 11.4 Å². The van der Waals surface area contributed by atoms with Gasteiger partial charge in [-0.25, -0.2) is 0 Å². The number of hydrogen-bond acceptors (Lipinski definition) is 3. The molecule has 142 valence electrons. The highest BCUT2D eigenvalue weighted by Gasteiger charge is 2.29. The molecular formula is C21H26N4O2. The second kappa shape index (κ2) is 6.53. The van der Waals surface area contributed by atoms with Crippen LogP contribution in [0.15, 0.2) is 24.3 Å². The molecule has 0 bridgehead atoms. The number of aliphatic hydroxyl groups excluding tert-OH is 1. The summed E-state index contributed by atoms with van der Waals surface area (Å²) in [5.41, 5.74) is 6.28. The van der Waals surface area contributed by atoms with E-state index in [2.05, 4.69) is 40.4 Å². The van der Waals surface area contributed by atoms with Gasteiger partial charge in [0.1, 0.15) is 5.69 Å². The Morgan fingerprint density at radius 2 is 2.19 bits per heavy atom. The number of rotatable bonds is 4. The standard InChI is InChI=1S/C21H26N4O2/c1-12(11-26)22-20(27)14-5-4-13-8-17(23-16(13)9-14)19-15-6-7-21(2,3)10-18(15)24-25-19/h4-5,8-9,12,23,26H,6-7,10-11H2,1-3H3,(H,22,27)(H,24,25). The third-order valence-electron chi connectivity index (χ3n) is 5.45. The lowest BCUT2D eigenvalue weighted by molar-refractivity contribution is 0.0922. The van der Waals surface area contributed by atoms with E-state index < -0.39 is 0 Å². The van der Waals surface area contributed by atoms with Crippen LogP contribution in [0.3, 0.4) is 0 Å². The van der Waals surface area contributed by atoms with Gasteiger partial charge in [0.15, 0.2) is 0 Å². The van der Waals surface area contributed by atoms with Gasteiger partial charge < -0.3 is 15.4 Å². The molecule has 1 aliphatic carbocycles. The second-order valence-electron chi connectivity index (χ2n) is 8.41. The predicted octanol–water partition coefficient (Wildman–Crippen LogP) is 3.18. The fourth-order valence-electron chi connectivity index (χ4n) is 3.82. The summed E-state index contributed by atoms with van der Waals surface area (Å²) in [5.74, 6) is -0.186. The van der Waals surface area contributed by atoms with E-state index in [1.165, 1.54) is 11.3 Å². The summed E-state index contributed by atoms with van der Waals surface area (Å²) >= 11 is 0. The maximum Gasteiger partial charge on any atom is 0.251 e. The number of aliphatic hydroxyl groups is 1. The summed E-state index contributed by atoms with van der Waals surface area (Å²) in [6.07, 6.45) is 3.19. The van der Waals surface area contributed by atoms with E-state index in [1.807, 2.05) is 18.2 Å². The van der Waals surface area contributed by atoms with Gasteiger partial charge in [-0.1, -0.05) is 19.9 Å². The first-order valence-corrected chi connectivity index (χ1v) is 9.47. The molecule has 0 spiro atoms. The molecule has 0 radical (unpaired) electrons. The van der Waals surface area contributed by atoms with Crippen molar-refractivity contribution in [3.63, 3.8) is 0 Å². The van der Waals surface area contributed by atoms with E-state index in [9.17, 15) is 4.79 Å². The normalized spacial score (nSPS) is 16.9. The Kier molecular flexibility index (Phi) is 4.30. The summed E-state index contributed by atoms with van der Waals surface area (Å²) in [6.45, 7) is 6.28. The van der Waals surface area contributed by atoms with E-state index in [4.69, 9.17) is 5.11 Å². The minimum atomic E-state index is -0.271. The summed E-state index contributed by atoms with van der Waals surface area (Å²) in [4.78, 5) is 15.7. The minimum absolute atomic E-state index is 0.0816. The fourth-order valence-corrected chi connectivity index (χ4v) is 3.82. The lowest BCUT2D eigenvalue weighted by Gasteiger charge is -2.28. The molecule has 4 N–H and O–H groups in total. The number of amides is 1. The van der Waals surface area contributed by atoms with Crippen molar-refractivity contribution in [1.82, 2.24) is 20.5 Å². The average Bonchev–Trinajstić information content (AvgIpc) is 3.22. The van der Waals surface area contributed by atoms with Crippen molar-refractivity contribution in [2.75, 3.05) is 6.61 Å². The quantitative estimate of drug-likeness (QED) is 0.571. The lowest BCUT2D eigenvalue weighted by atomic mass is 9.76. The number of hydrogen-bond donors (Lipinski definition) is 4. The summed E-state index contributed by atoms with van der Waals surface area (Å²) in [7, 11) is 0. The first-order chi connectivity index (χ1) is 12.9. The highest BCUT2D eigenvalue weighted by Crippen LogP contribution is 2.38. The van der Waals surface area contributed by atoms with Crippen LogP contribution in [0.2, 0.25) is 0 Å². The van der Waals surface area contributed by atoms with Crippen LogP contribution >= 0.6 is 0 Å². The van der Waals surface area contributed by atoms with Crippen LogP contribution < -0.4 is 5.32 Å². The largest absolute Gasteiger partial charge is 0.394 e. The first kappa shape index (κ1) is 17.8. The summed E-state index contributed by atoms with van der Waals surface area (Å²) in [5, 5.41) is 20.7. The van der Waals surface area contributed by atoms with Crippen molar-refractivity contribution >= 4 is 16.8 Å². The molecule has 4 rings (SSSR count). The van der Waals surface area contributed by atoms with Gasteiger partial charge in [-0.15, -0.1) is 0 Å². The molecule has 0 saturated carbocycles. The smallest absolute Gasteiger partial charge is 0.251 e. The third kappa shape index (κ3) is 3.37. The molecule has 6 nitrogen and oxygen atoms in total. The van der Waals surface area contributed by atoms with Gasteiger partial charge in [0, 0.05) is 33.8 Å². The Morgan fingerprint density at radius 3 is 2.96 bits per heavy atom. The van der Waals surface area contributed by atoms with E-state index in [1.54, 1.807) is 6.92 Å². The van der Waals surface area contributed by atoms with Gasteiger partial charge in [-0.3, -0.25) is 9.89 Å². The van der Waals surface area contributed by atoms with Crippen molar-refractivity contribution in [2.45, 2.75) is 46.1 Å². The van der Waals surface area contributed by atoms with Gasteiger partial charge in [-0.05, 0) is 49.8 Å². The Labute approximate surface area is 158 Å². The van der Waals surface area contributed by atoms with Crippen molar-refractivity contribution in [2.24, 2.45) is 5.41 Å². The maximum absolute atomic E-state index is 12.3. The Bertz CT molecular complexity index is 999. The molecule has 0 saturated heterocycles. The van der Waals surface area contributed by atoms with Gasteiger partial charge >= 0.3 is 0 Å². The Hall–Kier alpha value is -2.60. The molecule has 3 aromatic rings. The number of carbonyl (C=O) groups excluding carboxylic acids is 1. The zero-order chi connectivity index (χ0) is 19.2. The number of nitrogens with zero attached hydrogens (tertiary/aromatic N) is 1. The van der Waals surface area contributed by atoms with Gasteiger partial charge in [-0.2, -0.15) is 5.10 Å². The minimum Gasteiger partial charge on any atom is -0.394 e. The van der Waals surface area contributed by atoms with Crippen LogP contribution in [0, 0.1) is 5.41 Å². The van der Waals surface area contributed by atoms with E-state index in [0.29, 0.717) is 11.0 Å². The maximum atomic E-state index is 12.3. The molecule has 6 heteroatoms. The molecule has 1 amide bonds. The van der Waals surface area contributed by atoms with Crippen LogP contribution in [0.25, 0.3) is 22.3 Å². The Morgan fingerprint density at radius 1 is 1.37 bits per heavy atom. The highest BCUT2D eigenvalue weighted by molar-refractivity contribution is 5.99. The monoisotopic (exact) mass is 366 g/mol. The molecule has 0 fully saturated rings. The zero-order valence-corrected chi connectivity index (χ0v) is 16.0. The topological polar surface area (TPSA) is 93.8 Å².